The zero-order valence-electron chi connectivity index (χ0n) is 7.98. The zero-order valence-corrected chi connectivity index (χ0v) is 7.98. The Hall–Kier alpha value is -2.05. The number of likely N-dealkylation sites (N-methyl/N-ethyl adjacent to an activating group) is 1. The highest BCUT2D eigenvalue weighted by Gasteiger charge is 2.27. The predicted molar refractivity (Wildman–Crippen MR) is 51.6 cm³/mol. The van der Waals surface area contributed by atoms with Crippen molar-refractivity contribution in [3.05, 3.63) is 26.4 Å². The lowest BCUT2D eigenvalue weighted by Gasteiger charge is -2.12. The van der Waals surface area contributed by atoms with E-state index in [1.165, 1.54) is 4.57 Å². The highest BCUT2D eigenvalue weighted by Crippen LogP contribution is 2.19. The van der Waals surface area contributed by atoms with Gasteiger partial charge in [0.1, 0.15) is 5.82 Å². The first kappa shape index (κ1) is 9.50. The van der Waals surface area contributed by atoms with Crippen molar-refractivity contribution in [1.82, 2.24) is 9.55 Å². The minimum absolute atomic E-state index is 0.177. The quantitative estimate of drug-likeness (QED) is 0.601. The first-order valence-corrected chi connectivity index (χ1v) is 4.34. The molecule has 0 aliphatic carbocycles. The molecular weight excluding hydrogens is 202 g/mol. The number of aromatic carboxylic acids is 1. The van der Waals surface area contributed by atoms with E-state index < -0.39 is 17.2 Å². The summed E-state index contributed by atoms with van der Waals surface area (Å²) in [6, 6.07) is 0. The van der Waals surface area contributed by atoms with Crippen molar-refractivity contribution in [3.63, 3.8) is 0 Å². The Labute approximate surface area is 83.6 Å². The van der Waals surface area contributed by atoms with E-state index in [2.05, 4.69) is 0 Å². The van der Waals surface area contributed by atoms with Crippen LogP contribution < -0.4 is 16.1 Å². The van der Waals surface area contributed by atoms with Crippen molar-refractivity contribution in [1.29, 1.82) is 0 Å². The SMILES string of the molecule is CN1CCn2c1c(C(=O)O)c(=O)[nH]c2=O. The summed E-state index contributed by atoms with van der Waals surface area (Å²) in [5.74, 6) is -1.15. The van der Waals surface area contributed by atoms with Gasteiger partial charge in [0.15, 0.2) is 5.56 Å². The molecule has 1 aliphatic heterocycles. The van der Waals surface area contributed by atoms with Crippen LogP contribution >= 0.6 is 0 Å². The Bertz CT molecular complexity index is 542. The summed E-state index contributed by atoms with van der Waals surface area (Å²) in [6.45, 7) is 0.911. The van der Waals surface area contributed by atoms with Gasteiger partial charge in [0.05, 0.1) is 0 Å². The number of nitrogens with zero attached hydrogens (tertiary/aromatic N) is 2. The molecule has 7 nitrogen and oxygen atoms in total. The molecule has 0 amide bonds. The summed E-state index contributed by atoms with van der Waals surface area (Å²) in [5, 5.41) is 8.88. The number of aromatic nitrogens is 2. The van der Waals surface area contributed by atoms with E-state index in [1.54, 1.807) is 11.9 Å². The van der Waals surface area contributed by atoms with Gasteiger partial charge in [-0.1, -0.05) is 0 Å². The number of fused-ring (bicyclic) bond motifs is 1. The van der Waals surface area contributed by atoms with Crippen molar-refractivity contribution < 1.29 is 9.90 Å². The first-order chi connectivity index (χ1) is 7.02. The molecule has 0 radical (unpaired) electrons. The second-order valence-corrected chi connectivity index (χ2v) is 3.34. The van der Waals surface area contributed by atoms with E-state index in [-0.39, 0.29) is 11.4 Å². The van der Waals surface area contributed by atoms with Crippen molar-refractivity contribution in [2.24, 2.45) is 0 Å². The van der Waals surface area contributed by atoms with Crippen LogP contribution in [-0.4, -0.2) is 34.2 Å². The van der Waals surface area contributed by atoms with Crippen molar-refractivity contribution in [2.75, 3.05) is 18.5 Å². The average Bonchev–Trinajstić information content (AvgIpc) is 2.48. The van der Waals surface area contributed by atoms with E-state index in [0.717, 1.165) is 0 Å². The van der Waals surface area contributed by atoms with Gasteiger partial charge >= 0.3 is 11.7 Å². The second kappa shape index (κ2) is 2.97. The van der Waals surface area contributed by atoms with Crippen LogP contribution in [0.1, 0.15) is 10.4 Å². The van der Waals surface area contributed by atoms with Gasteiger partial charge in [-0.15, -0.1) is 0 Å². The Morgan fingerprint density at radius 2 is 2.07 bits per heavy atom. The molecule has 0 unspecified atom stereocenters. The summed E-state index contributed by atoms with van der Waals surface area (Å²) >= 11 is 0. The van der Waals surface area contributed by atoms with Crippen LogP contribution in [0.15, 0.2) is 9.59 Å². The number of anilines is 1. The second-order valence-electron chi connectivity index (χ2n) is 3.34. The van der Waals surface area contributed by atoms with Gasteiger partial charge in [-0.05, 0) is 0 Å². The highest BCUT2D eigenvalue weighted by molar-refractivity contribution is 5.93. The fourth-order valence-corrected chi connectivity index (χ4v) is 1.71. The topological polar surface area (TPSA) is 95.4 Å². The summed E-state index contributed by atoms with van der Waals surface area (Å²) in [5.41, 5.74) is -1.80. The molecule has 7 heteroatoms. The highest BCUT2D eigenvalue weighted by atomic mass is 16.4. The molecule has 2 heterocycles. The molecule has 0 atom stereocenters. The van der Waals surface area contributed by atoms with Gasteiger partial charge in [-0.25, -0.2) is 9.59 Å². The molecule has 0 saturated carbocycles. The van der Waals surface area contributed by atoms with Gasteiger partial charge in [0.25, 0.3) is 5.56 Å². The Morgan fingerprint density at radius 3 is 2.67 bits per heavy atom. The normalized spacial score (nSPS) is 14.1. The summed E-state index contributed by atoms with van der Waals surface area (Å²) < 4.78 is 1.25. The number of H-pyrrole nitrogens is 1. The molecule has 1 aromatic rings. The van der Waals surface area contributed by atoms with E-state index >= 15 is 0 Å². The maximum absolute atomic E-state index is 11.3. The molecule has 0 spiro atoms. The van der Waals surface area contributed by atoms with Gasteiger partial charge < -0.3 is 10.0 Å². The van der Waals surface area contributed by atoms with E-state index in [4.69, 9.17) is 5.11 Å². The smallest absolute Gasteiger partial charge is 0.345 e. The molecule has 0 fully saturated rings. The summed E-state index contributed by atoms with van der Waals surface area (Å²) in [7, 11) is 1.64. The van der Waals surface area contributed by atoms with Crippen LogP contribution in [0, 0.1) is 0 Å². The minimum Gasteiger partial charge on any atom is -0.477 e. The zero-order chi connectivity index (χ0) is 11.2. The number of nitrogens with one attached hydrogen (secondary N) is 1. The number of carboxylic acid groups (broad SMARTS) is 1. The Morgan fingerprint density at radius 1 is 1.40 bits per heavy atom. The van der Waals surface area contributed by atoms with Crippen LogP contribution in [-0.2, 0) is 6.54 Å². The molecule has 0 saturated heterocycles. The number of hydrogen-bond donors (Lipinski definition) is 2. The van der Waals surface area contributed by atoms with Crippen LogP contribution in [0.3, 0.4) is 0 Å². The minimum atomic E-state index is -1.33. The lowest BCUT2D eigenvalue weighted by Crippen LogP contribution is -2.34. The number of carbonyl (C=O) groups is 1. The molecule has 2 rings (SSSR count). The summed E-state index contributed by atoms with van der Waals surface area (Å²) in [4.78, 5) is 37.1. The number of aromatic amines is 1. The van der Waals surface area contributed by atoms with Gasteiger partial charge in [0, 0.05) is 20.1 Å². The van der Waals surface area contributed by atoms with Crippen molar-refractivity contribution in [2.45, 2.75) is 6.54 Å². The molecule has 2 N–H and O–H groups in total. The lowest BCUT2D eigenvalue weighted by atomic mass is 10.3. The molecule has 1 aromatic heterocycles. The molecule has 0 aromatic carbocycles. The largest absolute Gasteiger partial charge is 0.477 e. The third-order valence-electron chi connectivity index (χ3n) is 2.41. The molecule has 1 aliphatic rings. The molecule has 15 heavy (non-hydrogen) atoms. The van der Waals surface area contributed by atoms with E-state index in [0.29, 0.717) is 13.1 Å². The van der Waals surface area contributed by atoms with Crippen LogP contribution in [0.2, 0.25) is 0 Å². The van der Waals surface area contributed by atoms with E-state index in [1.807, 2.05) is 4.98 Å². The first-order valence-electron chi connectivity index (χ1n) is 4.34. The number of rotatable bonds is 1. The number of carboxylic acids is 1. The van der Waals surface area contributed by atoms with Crippen molar-refractivity contribution >= 4 is 11.8 Å². The lowest BCUT2D eigenvalue weighted by molar-refractivity contribution is 0.0695. The predicted octanol–water partition coefficient (Wildman–Crippen LogP) is -1.32. The van der Waals surface area contributed by atoms with Gasteiger partial charge in [-0.3, -0.25) is 14.3 Å². The van der Waals surface area contributed by atoms with Crippen LogP contribution in [0.5, 0.6) is 0 Å². The monoisotopic (exact) mass is 211 g/mol. The van der Waals surface area contributed by atoms with Gasteiger partial charge in [0.2, 0.25) is 0 Å². The van der Waals surface area contributed by atoms with E-state index in [9.17, 15) is 14.4 Å². The molecular formula is C8H9N3O4. The van der Waals surface area contributed by atoms with Gasteiger partial charge in [-0.2, -0.15) is 0 Å². The fourth-order valence-electron chi connectivity index (χ4n) is 1.71. The third-order valence-corrected chi connectivity index (χ3v) is 2.41. The Balaban J connectivity index is 2.88. The Kier molecular flexibility index (Phi) is 1.88. The summed E-state index contributed by atoms with van der Waals surface area (Å²) in [6.07, 6.45) is 0. The number of hydrogen-bond acceptors (Lipinski definition) is 4. The maximum Gasteiger partial charge on any atom is 0.345 e. The van der Waals surface area contributed by atoms with Crippen molar-refractivity contribution in [3.8, 4) is 0 Å². The van der Waals surface area contributed by atoms with Crippen LogP contribution in [0.25, 0.3) is 0 Å². The fraction of sp³-hybridized carbons (Fsp3) is 0.375. The third kappa shape index (κ3) is 1.24. The average molecular weight is 211 g/mol. The molecule has 0 bridgehead atoms. The maximum atomic E-state index is 11.3. The molecule has 80 valence electrons. The standard InChI is InChI=1S/C8H9N3O4/c1-10-2-3-11-6(10)4(7(13)14)5(12)9-8(11)15/h2-3H2,1H3,(H,13,14)(H,9,12,15). The van der Waals surface area contributed by atoms with Crippen LogP contribution in [0.4, 0.5) is 5.82 Å².